The summed E-state index contributed by atoms with van der Waals surface area (Å²) in [5, 5.41) is 3.59. The molecule has 0 saturated carbocycles. The number of halogens is 1. The molecule has 0 radical (unpaired) electrons. The molecule has 0 spiro atoms. The van der Waals surface area contributed by atoms with E-state index in [1.807, 2.05) is 20.8 Å². The Morgan fingerprint density at radius 1 is 1.41 bits per heavy atom. The van der Waals surface area contributed by atoms with E-state index in [0.29, 0.717) is 30.5 Å². The number of rotatable bonds is 8. The molecule has 22 heavy (non-hydrogen) atoms. The monoisotopic (exact) mass is 328 g/mol. The van der Waals surface area contributed by atoms with Crippen molar-refractivity contribution in [3.05, 3.63) is 17.5 Å². The van der Waals surface area contributed by atoms with Crippen LogP contribution in [-0.2, 0) is 9.53 Å². The average Bonchev–Trinajstić information content (AvgIpc) is 2.40. The van der Waals surface area contributed by atoms with Gasteiger partial charge < -0.3 is 15.8 Å². The average molecular weight is 329 g/mol. The van der Waals surface area contributed by atoms with Crippen molar-refractivity contribution in [3.63, 3.8) is 0 Å². The summed E-state index contributed by atoms with van der Waals surface area (Å²) in [7, 11) is 0. The molecule has 6 nitrogen and oxygen atoms in total. The molecule has 1 aromatic rings. The Morgan fingerprint density at radius 2 is 2.14 bits per heavy atom. The number of carbonyl (C=O) groups is 1. The molecule has 1 aromatic heterocycles. The van der Waals surface area contributed by atoms with Gasteiger partial charge in [-0.05, 0) is 46.1 Å². The summed E-state index contributed by atoms with van der Waals surface area (Å²) in [6.07, 6.45) is 3.34. The van der Waals surface area contributed by atoms with Crippen molar-refractivity contribution in [3.8, 4) is 0 Å². The van der Waals surface area contributed by atoms with E-state index in [1.54, 1.807) is 6.07 Å². The Morgan fingerprint density at radius 3 is 2.73 bits per heavy atom. The van der Waals surface area contributed by atoms with Gasteiger partial charge in [-0.1, -0.05) is 11.6 Å². The second-order valence-corrected chi connectivity index (χ2v) is 6.56. The Labute approximate surface area is 136 Å². The summed E-state index contributed by atoms with van der Waals surface area (Å²) in [4.78, 5) is 19.7. The van der Waals surface area contributed by atoms with Crippen molar-refractivity contribution in [2.45, 2.75) is 45.6 Å². The standard InChI is InChI=1S/C15H25ClN4O2/c1-15(2,3)22-14(21)5-4-11(6-7-17)9-18-13-8-12(16)19-10-20-13/h8,10-11H,4-7,9,17H2,1-3H3,(H,18,19,20). The molecule has 124 valence electrons. The molecule has 0 aromatic carbocycles. The first kappa shape index (κ1) is 18.6. The third kappa shape index (κ3) is 8.14. The van der Waals surface area contributed by atoms with E-state index >= 15 is 0 Å². The summed E-state index contributed by atoms with van der Waals surface area (Å²) < 4.78 is 5.32. The van der Waals surface area contributed by atoms with Crippen LogP contribution in [0.5, 0.6) is 0 Å². The fourth-order valence-electron chi connectivity index (χ4n) is 1.98. The number of aromatic nitrogens is 2. The van der Waals surface area contributed by atoms with Crippen LogP contribution in [0.3, 0.4) is 0 Å². The van der Waals surface area contributed by atoms with Gasteiger partial charge in [-0.15, -0.1) is 0 Å². The Balaban J connectivity index is 2.43. The van der Waals surface area contributed by atoms with Crippen LogP contribution in [0, 0.1) is 5.92 Å². The predicted octanol–water partition coefficient (Wildman–Crippen LogP) is 2.63. The van der Waals surface area contributed by atoms with Gasteiger partial charge in [-0.3, -0.25) is 4.79 Å². The second kappa shape index (κ2) is 8.90. The molecule has 1 atom stereocenters. The summed E-state index contributed by atoms with van der Waals surface area (Å²) >= 11 is 5.81. The molecule has 0 saturated heterocycles. The molecule has 1 rings (SSSR count). The molecule has 0 amide bonds. The highest BCUT2D eigenvalue weighted by Crippen LogP contribution is 2.16. The number of ether oxygens (including phenoxy) is 1. The van der Waals surface area contributed by atoms with Gasteiger partial charge in [0, 0.05) is 19.0 Å². The van der Waals surface area contributed by atoms with E-state index in [1.165, 1.54) is 6.33 Å². The number of nitrogens with two attached hydrogens (primary N) is 1. The van der Waals surface area contributed by atoms with Crippen LogP contribution in [0.1, 0.15) is 40.0 Å². The van der Waals surface area contributed by atoms with E-state index in [4.69, 9.17) is 22.1 Å². The normalized spacial score (nSPS) is 12.8. The van der Waals surface area contributed by atoms with Crippen molar-refractivity contribution >= 4 is 23.4 Å². The second-order valence-electron chi connectivity index (χ2n) is 6.18. The highest BCUT2D eigenvalue weighted by atomic mass is 35.5. The summed E-state index contributed by atoms with van der Waals surface area (Å²) in [5.41, 5.74) is 5.19. The van der Waals surface area contributed by atoms with Crippen LogP contribution in [0.2, 0.25) is 5.15 Å². The molecule has 0 fully saturated rings. The molecule has 7 heteroatoms. The molecular formula is C15H25ClN4O2. The number of nitrogens with zero attached hydrogens (tertiary/aromatic N) is 2. The lowest BCUT2D eigenvalue weighted by molar-refractivity contribution is -0.155. The SMILES string of the molecule is CC(C)(C)OC(=O)CCC(CCN)CNc1cc(Cl)ncn1. The summed E-state index contributed by atoms with van der Waals surface area (Å²) in [6, 6.07) is 1.66. The van der Waals surface area contributed by atoms with Crippen LogP contribution in [0.4, 0.5) is 5.82 Å². The van der Waals surface area contributed by atoms with Crippen LogP contribution in [0.25, 0.3) is 0 Å². The minimum Gasteiger partial charge on any atom is -0.460 e. The summed E-state index contributed by atoms with van der Waals surface area (Å²) in [5.74, 6) is 0.755. The van der Waals surface area contributed by atoms with Crippen LogP contribution in [0.15, 0.2) is 12.4 Å². The van der Waals surface area contributed by atoms with Gasteiger partial charge in [-0.25, -0.2) is 9.97 Å². The fourth-order valence-corrected chi connectivity index (χ4v) is 2.12. The zero-order valence-corrected chi connectivity index (χ0v) is 14.2. The molecule has 0 bridgehead atoms. The number of nitrogens with one attached hydrogen (secondary N) is 1. The van der Waals surface area contributed by atoms with Gasteiger partial charge in [0.1, 0.15) is 22.9 Å². The molecule has 0 aliphatic heterocycles. The molecule has 0 aliphatic carbocycles. The molecule has 0 aliphatic rings. The van der Waals surface area contributed by atoms with Crippen molar-refractivity contribution in [2.24, 2.45) is 11.7 Å². The third-order valence-electron chi connectivity index (χ3n) is 2.96. The lowest BCUT2D eigenvalue weighted by Crippen LogP contribution is -2.25. The van der Waals surface area contributed by atoms with Crippen molar-refractivity contribution in [1.29, 1.82) is 0 Å². The van der Waals surface area contributed by atoms with Crippen LogP contribution < -0.4 is 11.1 Å². The third-order valence-corrected chi connectivity index (χ3v) is 3.16. The topological polar surface area (TPSA) is 90.1 Å². The number of esters is 1. The fraction of sp³-hybridized carbons (Fsp3) is 0.667. The lowest BCUT2D eigenvalue weighted by Gasteiger charge is -2.21. The van der Waals surface area contributed by atoms with Crippen molar-refractivity contribution in [2.75, 3.05) is 18.4 Å². The van der Waals surface area contributed by atoms with Crippen LogP contribution >= 0.6 is 11.6 Å². The van der Waals surface area contributed by atoms with E-state index in [9.17, 15) is 4.79 Å². The maximum atomic E-state index is 11.8. The zero-order valence-electron chi connectivity index (χ0n) is 13.4. The maximum Gasteiger partial charge on any atom is 0.306 e. The van der Waals surface area contributed by atoms with Gasteiger partial charge in [0.2, 0.25) is 0 Å². The van der Waals surface area contributed by atoms with Crippen LogP contribution in [-0.4, -0.2) is 34.6 Å². The van der Waals surface area contributed by atoms with Gasteiger partial charge in [0.05, 0.1) is 0 Å². The predicted molar refractivity (Wildman–Crippen MR) is 87.8 cm³/mol. The smallest absolute Gasteiger partial charge is 0.306 e. The Bertz CT molecular complexity index is 477. The quantitative estimate of drug-likeness (QED) is 0.563. The molecule has 3 N–H and O–H groups in total. The first-order valence-electron chi connectivity index (χ1n) is 7.43. The maximum absolute atomic E-state index is 11.8. The number of hydrogen-bond acceptors (Lipinski definition) is 6. The Kier molecular flexibility index (Phi) is 7.55. The van der Waals surface area contributed by atoms with Gasteiger partial charge in [0.25, 0.3) is 0 Å². The summed E-state index contributed by atoms with van der Waals surface area (Å²) in [6.45, 7) is 6.84. The minimum atomic E-state index is -0.448. The number of anilines is 1. The largest absolute Gasteiger partial charge is 0.460 e. The van der Waals surface area contributed by atoms with Gasteiger partial charge in [-0.2, -0.15) is 0 Å². The van der Waals surface area contributed by atoms with Crippen molar-refractivity contribution < 1.29 is 9.53 Å². The highest BCUT2D eigenvalue weighted by Gasteiger charge is 2.18. The van der Waals surface area contributed by atoms with E-state index in [0.717, 1.165) is 12.8 Å². The van der Waals surface area contributed by atoms with Gasteiger partial charge >= 0.3 is 5.97 Å². The van der Waals surface area contributed by atoms with Gasteiger partial charge in [0.15, 0.2) is 0 Å². The number of hydrogen-bond donors (Lipinski definition) is 2. The molecule has 1 unspecified atom stereocenters. The highest BCUT2D eigenvalue weighted by molar-refractivity contribution is 6.29. The lowest BCUT2D eigenvalue weighted by atomic mass is 9.99. The number of carbonyl (C=O) groups excluding carboxylic acids is 1. The zero-order chi connectivity index (χ0) is 16.6. The molecular weight excluding hydrogens is 304 g/mol. The first-order valence-corrected chi connectivity index (χ1v) is 7.81. The molecule has 1 heterocycles. The Hall–Kier alpha value is -1.40. The van der Waals surface area contributed by atoms with E-state index < -0.39 is 5.60 Å². The van der Waals surface area contributed by atoms with Crippen molar-refractivity contribution in [1.82, 2.24) is 9.97 Å². The minimum absolute atomic E-state index is 0.181. The first-order chi connectivity index (χ1) is 10.3. The van der Waals surface area contributed by atoms with E-state index in [2.05, 4.69) is 15.3 Å². The van der Waals surface area contributed by atoms with E-state index in [-0.39, 0.29) is 11.9 Å².